The van der Waals surface area contributed by atoms with Gasteiger partial charge in [-0.25, -0.2) is 9.97 Å². The minimum Gasteiger partial charge on any atom is -0.482 e. The third-order valence-corrected chi connectivity index (χ3v) is 6.53. The van der Waals surface area contributed by atoms with E-state index in [-0.39, 0.29) is 6.04 Å². The lowest BCUT2D eigenvalue weighted by Gasteiger charge is -2.40. The summed E-state index contributed by atoms with van der Waals surface area (Å²) in [6, 6.07) is 17.4. The summed E-state index contributed by atoms with van der Waals surface area (Å²) < 4.78 is 8.70. The highest BCUT2D eigenvalue weighted by Crippen LogP contribution is 2.40. The van der Waals surface area contributed by atoms with Crippen molar-refractivity contribution >= 4 is 33.7 Å². The van der Waals surface area contributed by atoms with E-state index in [0.29, 0.717) is 23.5 Å². The van der Waals surface area contributed by atoms with Crippen LogP contribution in [-0.2, 0) is 4.79 Å². The number of imidazole rings is 1. The van der Waals surface area contributed by atoms with Crippen molar-refractivity contribution in [1.82, 2.24) is 14.5 Å². The number of carbonyl (C=O) groups is 1. The molecule has 1 amide bonds. The molecule has 5 rings (SSSR count). The molecule has 4 aromatic rings. The number of fused-ring (bicyclic) bond motifs is 3. The van der Waals surface area contributed by atoms with E-state index in [9.17, 15) is 4.79 Å². The van der Waals surface area contributed by atoms with E-state index in [4.69, 9.17) is 16.2 Å². The second-order valence-corrected chi connectivity index (χ2v) is 8.62. The number of anilines is 1. The summed E-state index contributed by atoms with van der Waals surface area (Å²) in [5, 5.41) is 0.978. The van der Waals surface area contributed by atoms with Gasteiger partial charge in [0.1, 0.15) is 16.9 Å². The molecule has 172 valence electrons. The summed E-state index contributed by atoms with van der Waals surface area (Å²) in [5.74, 6) is 0.0248. The van der Waals surface area contributed by atoms with E-state index >= 15 is 0 Å². The highest BCUT2D eigenvalue weighted by atomic mass is 16.5. The van der Waals surface area contributed by atoms with Crippen LogP contribution in [0.25, 0.3) is 21.9 Å². The number of ether oxygens (including phenoxy) is 1. The van der Waals surface area contributed by atoms with Crippen LogP contribution in [0.15, 0.2) is 85.2 Å². The van der Waals surface area contributed by atoms with E-state index < -0.39 is 17.4 Å². The van der Waals surface area contributed by atoms with E-state index in [2.05, 4.69) is 21.5 Å². The smallest absolute Gasteiger partial charge is 0.228 e. The topological polar surface area (TPSA) is 109 Å². The molecule has 7 heteroatoms. The number of primary amides is 1. The van der Waals surface area contributed by atoms with Crippen molar-refractivity contribution in [3.63, 3.8) is 0 Å². The molecule has 0 saturated carbocycles. The minimum atomic E-state index is -0.951. The molecule has 3 unspecified atom stereocenters. The van der Waals surface area contributed by atoms with Crippen molar-refractivity contribution in [2.75, 3.05) is 5.73 Å². The van der Waals surface area contributed by atoms with Crippen molar-refractivity contribution in [3.8, 4) is 5.75 Å². The lowest BCUT2D eigenvalue weighted by atomic mass is 9.78. The highest BCUT2D eigenvalue weighted by Gasteiger charge is 2.44. The summed E-state index contributed by atoms with van der Waals surface area (Å²) >= 11 is 0. The first-order valence-electron chi connectivity index (χ1n) is 11.4. The Balaban J connectivity index is 1.64. The number of aromatic nitrogens is 3. The van der Waals surface area contributed by atoms with Crippen LogP contribution in [0.5, 0.6) is 5.75 Å². The zero-order valence-corrected chi connectivity index (χ0v) is 19.0. The molecule has 34 heavy (non-hydrogen) atoms. The average Bonchev–Trinajstić information content (AvgIpc) is 3.29. The van der Waals surface area contributed by atoms with Crippen LogP contribution in [0, 0.1) is 5.92 Å². The number of para-hydroxylation sites is 2. The molecule has 0 bridgehead atoms. The monoisotopic (exact) mass is 453 g/mol. The Morgan fingerprint density at radius 2 is 1.91 bits per heavy atom. The predicted molar refractivity (Wildman–Crippen MR) is 134 cm³/mol. The van der Waals surface area contributed by atoms with Gasteiger partial charge >= 0.3 is 0 Å². The van der Waals surface area contributed by atoms with Crippen LogP contribution in [0.1, 0.15) is 25.8 Å². The van der Waals surface area contributed by atoms with Gasteiger partial charge in [0.05, 0.1) is 23.3 Å². The Kier molecular flexibility index (Phi) is 5.53. The van der Waals surface area contributed by atoms with Gasteiger partial charge in [-0.05, 0) is 30.7 Å². The number of nitrogen functional groups attached to an aromatic ring is 1. The molecule has 1 aliphatic rings. The van der Waals surface area contributed by atoms with Crippen LogP contribution >= 0.6 is 0 Å². The molecule has 0 radical (unpaired) electrons. The van der Waals surface area contributed by atoms with Crippen molar-refractivity contribution in [1.29, 1.82) is 0 Å². The number of rotatable bonds is 7. The summed E-state index contributed by atoms with van der Waals surface area (Å²) in [5.41, 5.74) is 13.6. The SMILES string of the molecule is CCC(CC1(Oc2ccccc2)C=CC=CC1C(N)=O)n1cnc2c(N)nc3ccccc3c21. The number of allylic oxidation sites excluding steroid dienone is 2. The van der Waals surface area contributed by atoms with Crippen molar-refractivity contribution in [2.45, 2.75) is 31.4 Å². The first-order chi connectivity index (χ1) is 16.5. The zero-order chi connectivity index (χ0) is 23.7. The van der Waals surface area contributed by atoms with Crippen LogP contribution in [0.2, 0.25) is 0 Å². The fourth-order valence-electron chi connectivity index (χ4n) is 4.89. The van der Waals surface area contributed by atoms with Gasteiger partial charge in [-0.1, -0.05) is 61.5 Å². The predicted octanol–water partition coefficient (Wildman–Crippen LogP) is 4.55. The number of nitrogens with two attached hydrogens (primary N) is 2. The molecular formula is C27H27N5O2. The molecule has 2 aromatic heterocycles. The molecular weight excluding hydrogens is 426 g/mol. The summed E-state index contributed by atoms with van der Waals surface area (Å²) in [4.78, 5) is 21.7. The minimum absolute atomic E-state index is 0.0445. The van der Waals surface area contributed by atoms with Crippen LogP contribution in [0.3, 0.4) is 0 Å². The van der Waals surface area contributed by atoms with E-state index in [1.165, 1.54) is 0 Å². The fraction of sp³-hybridized carbons (Fsp3) is 0.222. The molecule has 0 aliphatic heterocycles. The maximum atomic E-state index is 12.6. The van der Waals surface area contributed by atoms with E-state index in [0.717, 1.165) is 22.8 Å². The van der Waals surface area contributed by atoms with Gasteiger partial charge in [0.25, 0.3) is 0 Å². The first-order valence-corrected chi connectivity index (χ1v) is 11.4. The van der Waals surface area contributed by atoms with Gasteiger partial charge in [0.15, 0.2) is 5.82 Å². The molecule has 2 aromatic carbocycles. The molecule has 0 fully saturated rings. The quantitative estimate of drug-likeness (QED) is 0.427. The molecule has 7 nitrogen and oxygen atoms in total. The molecule has 2 heterocycles. The summed E-state index contributed by atoms with van der Waals surface area (Å²) in [7, 11) is 0. The lowest BCUT2D eigenvalue weighted by Crippen LogP contribution is -2.49. The van der Waals surface area contributed by atoms with Crippen molar-refractivity contribution in [2.24, 2.45) is 11.7 Å². The van der Waals surface area contributed by atoms with Crippen LogP contribution < -0.4 is 16.2 Å². The number of benzene rings is 2. The Labute approximate surface area is 197 Å². The molecule has 4 N–H and O–H groups in total. The Morgan fingerprint density at radius 3 is 2.68 bits per heavy atom. The van der Waals surface area contributed by atoms with Gasteiger partial charge in [-0.3, -0.25) is 4.79 Å². The standard InChI is InChI=1S/C27H27N5O2/c1-2-18(32-17-30-23-24(32)20-12-6-7-14-22(20)31-25(23)28)16-27(34-19-10-4-3-5-11-19)15-9-8-13-21(27)26(29)33/h3-15,17-18,21H,2,16H2,1H3,(H2,28,31)(H2,29,33). The fourth-order valence-corrected chi connectivity index (χ4v) is 4.89. The average molecular weight is 454 g/mol. The number of pyridine rings is 1. The normalized spacial score (nSPS) is 20.6. The van der Waals surface area contributed by atoms with E-state index in [1.54, 1.807) is 6.33 Å². The van der Waals surface area contributed by atoms with E-state index in [1.807, 2.05) is 78.9 Å². The second kappa shape index (κ2) is 8.67. The molecule has 3 atom stereocenters. The Morgan fingerprint density at radius 1 is 1.15 bits per heavy atom. The van der Waals surface area contributed by atoms with Gasteiger partial charge in [0.2, 0.25) is 5.91 Å². The number of hydrogen-bond acceptors (Lipinski definition) is 5. The van der Waals surface area contributed by atoms with Crippen molar-refractivity contribution in [3.05, 3.63) is 85.2 Å². The number of nitrogens with zero attached hydrogens (tertiary/aromatic N) is 3. The molecule has 0 saturated heterocycles. The third-order valence-electron chi connectivity index (χ3n) is 6.53. The Hall–Kier alpha value is -4.13. The summed E-state index contributed by atoms with van der Waals surface area (Å²) in [6.07, 6.45) is 10.6. The molecule has 1 aliphatic carbocycles. The number of carbonyl (C=O) groups excluding carboxylic acids is 1. The third kappa shape index (κ3) is 3.69. The van der Waals surface area contributed by atoms with Gasteiger partial charge in [0, 0.05) is 17.8 Å². The van der Waals surface area contributed by atoms with Crippen LogP contribution in [-0.4, -0.2) is 26.0 Å². The van der Waals surface area contributed by atoms with Gasteiger partial charge in [-0.15, -0.1) is 0 Å². The first kappa shape index (κ1) is 21.7. The van der Waals surface area contributed by atoms with Crippen molar-refractivity contribution < 1.29 is 9.53 Å². The van der Waals surface area contributed by atoms with Gasteiger partial charge < -0.3 is 20.8 Å². The largest absolute Gasteiger partial charge is 0.482 e. The van der Waals surface area contributed by atoms with Crippen LogP contribution in [0.4, 0.5) is 5.82 Å². The highest BCUT2D eigenvalue weighted by molar-refractivity contribution is 6.06. The zero-order valence-electron chi connectivity index (χ0n) is 19.0. The Bertz CT molecular complexity index is 1410. The lowest BCUT2D eigenvalue weighted by molar-refractivity contribution is -0.125. The molecule has 0 spiro atoms. The maximum absolute atomic E-state index is 12.6. The second-order valence-electron chi connectivity index (χ2n) is 8.62. The number of hydrogen-bond donors (Lipinski definition) is 2. The maximum Gasteiger partial charge on any atom is 0.228 e. The van der Waals surface area contributed by atoms with Gasteiger partial charge in [-0.2, -0.15) is 0 Å². The number of amides is 1. The summed E-state index contributed by atoms with van der Waals surface area (Å²) in [6.45, 7) is 2.11.